The molecule has 1 heterocycles. The maximum atomic E-state index is 5.51. The molecule has 0 saturated heterocycles. The molecule has 3 nitrogen and oxygen atoms in total. The topological polar surface area (TPSA) is 51.8 Å². The smallest absolute Gasteiger partial charge is 0.199 e. The van der Waals surface area contributed by atoms with E-state index in [-0.39, 0.29) is 0 Å². The highest BCUT2D eigenvalue weighted by Crippen LogP contribution is 2.11. The normalized spacial score (nSPS) is 10.4. The van der Waals surface area contributed by atoms with Gasteiger partial charge in [-0.05, 0) is 12.5 Å². The Kier molecular flexibility index (Phi) is 2.45. The van der Waals surface area contributed by atoms with Gasteiger partial charge in [-0.2, -0.15) is 4.37 Å². The van der Waals surface area contributed by atoms with Crippen LogP contribution in [0.25, 0.3) is 0 Å². The SMILES string of the molecule is Cc1cccc(Cc2nsc(N)n2)c1. The average Bonchev–Trinajstić information content (AvgIpc) is 2.51. The molecule has 2 rings (SSSR count). The first-order valence-corrected chi connectivity index (χ1v) is 5.15. The Morgan fingerprint density at radius 2 is 2.29 bits per heavy atom. The largest absolute Gasteiger partial charge is 0.374 e. The van der Waals surface area contributed by atoms with Crippen LogP contribution in [0.15, 0.2) is 24.3 Å². The summed E-state index contributed by atoms with van der Waals surface area (Å²) >= 11 is 1.24. The minimum absolute atomic E-state index is 0.535. The lowest BCUT2D eigenvalue weighted by atomic mass is 10.1. The van der Waals surface area contributed by atoms with E-state index in [0.717, 1.165) is 12.2 Å². The van der Waals surface area contributed by atoms with Crippen molar-refractivity contribution in [3.05, 3.63) is 41.2 Å². The predicted octanol–water partition coefficient (Wildman–Crippen LogP) is 2.02. The predicted molar refractivity (Wildman–Crippen MR) is 58.3 cm³/mol. The van der Waals surface area contributed by atoms with Gasteiger partial charge in [0.2, 0.25) is 0 Å². The van der Waals surface area contributed by atoms with E-state index in [1.165, 1.54) is 22.7 Å². The van der Waals surface area contributed by atoms with Crippen LogP contribution in [-0.2, 0) is 6.42 Å². The Bertz CT molecular complexity index is 436. The van der Waals surface area contributed by atoms with Crippen LogP contribution in [0.4, 0.5) is 5.13 Å². The minimum Gasteiger partial charge on any atom is -0.374 e. The highest BCUT2D eigenvalue weighted by atomic mass is 32.1. The first-order chi connectivity index (χ1) is 6.74. The number of nitrogens with two attached hydrogens (primary N) is 1. The summed E-state index contributed by atoms with van der Waals surface area (Å²) in [6.07, 6.45) is 0.759. The zero-order valence-corrected chi connectivity index (χ0v) is 8.71. The summed E-state index contributed by atoms with van der Waals surface area (Å²) in [5.74, 6) is 0.804. The van der Waals surface area contributed by atoms with Crippen molar-refractivity contribution in [3.63, 3.8) is 0 Å². The maximum Gasteiger partial charge on any atom is 0.199 e. The molecule has 4 heteroatoms. The summed E-state index contributed by atoms with van der Waals surface area (Å²) in [6.45, 7) is 2.08. The molecule has 72 valence electrons. The number of rotatable bonds is 2. The zero-order valence-electron chi connectivity index (χ0n) is 7.90. The lowest BCUT2D eigenvalue weighted by molar-refractivity contribution is 1.04. The standard InChI is InChI=1S/C10H11N3S/c1-7-3-2-4-8(5-7)6-9-12-10(11)14-13-9/h2-5H,6H2,1H3,(H2,11,12,13). The van der Waals surface area contributed by atoms with Crippen molar-refractivity contribution in [1.29, 1.82) is 0 Å². The number of hydrogen-bond donors (Lipinski definition) is 1. The third kappa shape index (κ3) is 2.09. The summed E-state index contributed by atoms with van der Waals surface area (Å²) in [7, 11) is 0. The molecule has 0 bridgehead atoms. The van der Waals surface area contributed by atoms with Gasteiger partial charge in [-0.1, -0.05) is 29.8 Å². The molecule has 0 atom stereocenters. The van der Waals surface area contributed by atoms with Gasteiger partial charge in [0, 0.05) is 18.0 Å². The molecule has 14 heavy (non-hydrogen) atoms. The first kappa shape index (κ1) is 9.15. The van der Waals surface area contributed by atoms with Crippen LogP contribution in [0.3, 0.4) is 0 Å². The molecule has 0 aliphatic rings. The van der Waals surface area contributed by atoms with Gasteiger partial charge in [0.1, 0.15) is 5.82 Å². The van der Waals surface area contributed by atoms with Gasteiger partial charge in [-0.3, -0.25) is 0 Å². The van der Waals surface area contributed by atoms with Crippen molar-refractivity contribution in [2.45, 2.75) is 13.3 Å². The molecule has 0 radical (unpaired) electrons. The van der Waals surface area contributed by atoms with Crippen LogP contribution >= 0.6 is 11.5 Å². The van der Waals surface area contributed by atoms with E-state index < -0.39 is 0 Å². The van der Waals surface area contributed by atoms with Crippen molar-refractivity contribution >= 4 is 16.7 Å². The number of anilines is 1. The van der Waals surface area contributed by atoms with E-state index in [1.807, 2.05) is 6.07 Å². The van der Waals surface area contributed by atoms with Gasteiger partial charge < -0.3 is 5.73 Å². The van der Waals surface area contributed by atoms with E-state index in [4.69, 9.17) is 5.73 Å². The molecule has 0 amide bonds. The molecule has 0 aliphatic carbocycles. The molecule has 0 fully saturated rings. The van der Waals surface area contributed by atoms with E-state index in [9.17, 15) is 0 Å². The van der Waals surface area contributed by atoms with Crippen molar-refractivity contribution in [1.82, 2.24) is 9.36 Å². The van der Waals surface area contributed by atoms with Crippen molar-refractivity contribution in [2.75, 3.05) is 5.73 Å². The fourth-order valence-corrected chi connectivity index (χ4v) is 1.79. The lowest BCUT2D eigenvalue weighted by Crippen LogP contribution is -1.91. The highest BCUT2D eigenvalue weighted by molar-refractivity contribution is 7.09. The zero-order chi connectivity index (χ0) is 9.97. The van der Waals surface area contributed by atoms with E-state index in [0.29, 0.717) is 5.13 Å². The summed E-state index contributed by atoms with van der Waals surface area (Å²) in [5.41, 5.74) is 7.99. The lowest BCUT2D eigenvalue weighted by Gasteiger charge is -1.98. The number of aromatic nitrogens is 2. The molecular formula is C10H11N3S. The van der Waals surface area contributed by atoms with Gasteiger partial charge in [0.05, 0.1) is 0 Å². The number of aryl methyl sites for hydroxylation is 1. The molecule has 0 spiro atoms. The Labute approximate surface area is 86.8 Å². The number of nitrogen functional groups attached to an aromatic ring is 1. The quantitative estimate of drug-likeness (QED) is 0.816. The summed E-state index contributed by atoms with van der Waals surface area (Å²) in [6, 6.07) is 8.33. The van der Waals surface area contributed by atoms with Crippen LogP contribution in [0.2, 0.25) is 0 Å². The average molecular weight is 205 g/mol. The van der Waals surface area contributed by atoms with E-state index >= 15 is 0 Å². The third-order valence-corrected chi connectivity index (χ3v) is 2.51. The second-order valence-electron chi connectivity index (χ2n) is 3.21. The summed E-state index contributed by atoms with van der Waals surface area (Å²) in [4.78, 5) is 4.12. The Morgan fingerprint density at radius 1 is 1.43 bits per heavy atom. The van der Waals surface area contributed by atoms with Crippen molar-refractivity contribution < 1.29 is 0 Å². The summed E-state index contributed by atoms with van der Waals surface area (Å²) < 4.78 is 4.15. The second-order valence-corrected chi connectivity index (χ2v) is 4.00. The van der Waals surface area contributed by atoms with Gasteiger partial charge >= 0.3 is 0 Å². The van der Waals surface area contributed by atoms with Gasteiger partial charge in [0.25, 0.3) is 0 Å². The van der Waals surface area contributed by atoms with Gasteiger partial charge in [0.15, 0.2) is 5.13 Å². The molecule has 2 aromatic rings. The fourth-order valence-electron chi connectivity index (χ4n) is 1.34. The molecule has 1 aromatic carbocycles. The van der Waals surface area contributed by atoms with Gasteiger partial charge in [-0.25, -0.2) is 4.98 Å². The first-order valence-electron chi connectivity index (χ1n) is 4.37. The molecular weight excluding hydrogens is 194 g/mol. The summed E-state index contributed by atoms with van der Waals surface area (Å²) in [5, 5.41) is 0.535. The molecule has 2 N–H and O–H groups in total. The Hall–Kier alpha value is -1.42. The number of hydrogen-bond acceptors (Lipinski definition) is 4. The number of nitrogens with zero attached hydrogens (tertiary/aromatic N) is 2. The minimum atomic E-state index is 0.535. The van der Waals surface area contributed by atoms with Crippen LogP contribution < -0.4 is 5.73 Å². The molecule has 0 unspecified atom stereocenters. The van der Waals surface area contributed by atoms with Crippen molar-refractivity contribution in [2.24, 2.45) is 0 Å². The monoisotopic (exact) mass is 205 g/mol. The van der Waals surface area contributed by atoms with Crippen LogP contribution in [0.5, 0.6) is 0 Å². The van der Waals surface area contributed by atoms with Crippen LogP contribution in [0, 0.1) is 6.92 Å². The Balaban J connectivity index is 2.18. The Morgan fingerprint density at radius 3 is 2.93 bits per heavy atom. The van der Waals surface area contributed by atoms with E-state index in [1.54, 1.807) is 0 Å². The third-order valence-electron chi connectivity index (χ3n) is 1.93. The molecule has 1 aromatic heterocycles. The van der Waals surface area contributed by atoms with Crippen LogP contribution in [0.1, 0.15) is 17.0 Å². The number of benzene rings is 1. The van der Waals surface area contributed by atoms with E-state index in [2.05, 4.69) is 34.5 Å². The second kappa shape index (κ2) is 3.75. The molecule has 0 saturated carbocycles. The molecule has 0 aliphatic heterocycles. The van der Waals surface area contributed by atoms with Gasteiger partial charge in [-0.15, -0.1) is 0 Å². The van der Waals surface area contributed by atoms with Crippen LogP contribution in [-0.4, -0.2) is 9.36 Å². The maximum absolute atomic E-state index is 5.51. The highest BCUT2D eigenvalue weighted by Gasteiger charge is 2.02. The fraction of sp³-hybridized carbons (Fsp3) is 0.200. The van der Waals surface area contributed by atoms with Crippen molar-refractivity contribution in [3.8, 4) is 0 Å².